The summed E-state index contributed by atoms with van der Waals surface area (Å²) in [7, 11) is 0. The monoisotopic (exact) mass is 262 g/mol. The minimum atomic E-state index is 0.661. The molecule has 1 aromatic carbocycles. The fourth-order valence-electron chi connectivity index (χ4n) is 1.86. The molecule has 2 aromatic rings. The van der Waals surface area contributed by atoms with E-state index in [1.54, 1.807) is 11.3 Å². The van der Waals surface area contributed by atoms with E-state index >= 15 is 0 Å². The number of nitrogens with zero attached hydrogens (tertiary/aromatic N) is 1. The molecule has 0 atom stereocenters. The summed E-state index contributed by atoms with van der Waals surface area (Å²) in [6.07, 6.45) is 2.00. The second-order valence-corrected chi connectivity index (χ2v) is 5.25. The molecule has 2 N–H and O–H groups in total. The first-order valence-electron chi connectivity index (χ1n) is 6.12. The van der Waals surface area contributed by atoms with Crippen LogP contribution in [0.25, 0.3) is 0 Å². The first-order chi connectivity index (χ1) is 8.69. The van der Waals surface area contributed by atoms with Crippen LogP contribution in [0.5, 0.6) is 5.75 Å². The average molecular weight is 262 g/mol. The van der Waals surface area contributed by atoms with Crippen molar-refractivity contribution in [1.29, 1.82) is 0 Å². The molecule has 18 heavy (non-hydrogen) atoms. The third-order valence-electron chi connectivity index (χ3n) is 2.78. The van der Waals surface area contributed by atoms with Crippen LogP contribution in [0, 0.1) is 6.92 Å². The largest absolute Gasteiger partial charge is 0.494 e. The second-order valence-electron chi connectivity index (χ2n) is 4.14. The number of nitrogens with two attached hydrogens (primary N) is 1. The molecule has 0 aliphatic carbocycles. The Balaban J connectivity index is 1.95. The number of aromatic nitrogens is 1. The Hall–Kier alpha value is -1.55. The van der Waals surface area contributed by atoms with Crippen LogP contribution in [0.3, 0.4) is 0 Å². The molecule has 0 aliphatic rings. The van der Waals surface area contributed by atoms with E-state index in [-0.39, 0.29) is 0 Å². The minimum Gasteiger partial charge on any atom is -0.494 e. The van der Waals surface area contributed by atoms with Crippen LogP contribution in [0.15, 0.2) is 24.3 Å². The lowest BCUT2D eigenvalue weighted by Gasteiger charge is -2.04. The molecule has 4 heteroatoms. The average Bonchev–Trinajstić information content (AvgIpc) is 2.67. The van der Waals surface area contributed by atoms with Gasteiger partial charge < -0.3 is 10.5 Å². The van der Waals surface area contributed by atoms with Gasteiger partial charge in [0.1, 0.15) is 5.75 Å². The first kappa shape index (κ1) is 12.9. The lowest BCUT2D eigenvalue weighted by Crippen LogP contribution is -1.93. The molecule has 96 valence electrons. The van der Waals surface area contributed by atoms with Crippen LogP contribution in [0.2, 0.25) is 0 Å². The third-order valence-corrected chi connectivity index (χ3v) is 3.83. The van der Waals surface area contributed by atoms with Gasteiger partial charge in [-0.2, -0.15) is 0 Å². The summed E-state index contributed by atoms with van der Waals surface area (Å²) >= 11 is 1.59. The molecular formula is C14H18N2OS. The number of anilines is 1. The van der Waals surface area contributed by atoms with Crippen molar-refractivity contribution in [2.75, 3.05) is 12.3 Å². The summed E-state index contributed by atoms with van der Waals surface area (Å²) < 4.78 is 5.42. The van der Waals surface area contributed by atoms with Crippen molar-refractivity contribution in [2.24, 2.45) is 0 Å². The SMILES string of the molecule is CCOc1ccc(CCc2sc(N)nc2C)cc1. The van der Waals surface area contributed by atoms with Crippen molar-refractivity contribution in [1.82, 2.24) is 4.98 Å². The van der Waals surface area contributed by atoms with Crippen LogP contribution in [0.4, 0.5) is 5.13 Å². The molecule has 2 rings (SSSR count). The Morgan fingerprint density at radius 3 is 2.50 bits per heavy atom. The molecule has 1 aromatic heterocycles. The van der Waals surface area contributed by atoms with E-state index in [1.165, 1.54) is 10.4 Å². The standard InChI is InChI=1S/C14H18N2OS/c1-3-17-12-7-4-11(5-8-12)6-9-13-10(2)16-14(15)18-13/h4-5,7-8H,3,6,9H2,1-2H3,(H2,15,16). The fraction of sp³-hybridized carbons (Fsp3) is 0.357. The number of thiazole rings is 1. The lowest BCUT2D eigenvalue weighted by atomic mass is 10.1. The maximum Gasteiger partial charge on any atom is 0.180 e. The van der Waals surface area contributed by atoms with Gasteiger partial charge in [-0.1, -0.05) is 12.1 Å². The highest BCUT2D eigenvalue weighted by atomic mass is 32.1. The summed E-state index contributed by atoms with van der Waals surface area (Å²) in [6, 6.07) is 8.27. The van der Waals surface area contributed by atoms with Gasteiger partial charge in [0.15, 0.2) is 5.13 Å². The van der Waals surface area contributed by atoms with Gasteiger partial charge in [-0.25, -0.2) is 4.98 Å². The number of benzene rings is 1. The van der Waals surface area contributed by atoms with Gasteiger partial charge in [0.05, 0.1) is 12.3 Å². The Kier molecular flexibility index (Phi) is 4.20. The Morgan fingerprint density at radius 1 is 1.22 bits per heavy atom. The van der Waals surface area contributed by atoms with Crippen LogP contribution in [0.1, 0.15) is 23.1 Å². The molecular weight excluding hydrogens is 244 g/mol. The van der Waals surface area contributed by atoms with Crippen molar-refractivity contribution in [3.63, 3.8) is 0 Å². The number of rotatable bonds is 5. The molecule has 0 radical (unpaired) electrons. The molecule has 0 fully saturated rings. The van der Waals surface area contributed by atoms with Crippen molar-refractivity contribution >= 4 is 16.5 Å². The number of hydrogen-bond donors (Lipinski definition) is 1. The normalized spacial score (nSPS) is 10.6. The van der Waals surface area contributed by atoms with Crippen molar-refractivity contribution in [2.45, 2.75) is 26.7 Å². The van der Waals surface area contributed by atoms with Crippen LogP contribution < -0.4 is 10.5 Å². The number of nitrogen functional groups attached to an aromatic ring is 1. The van der Waals surface area contributed by atoms with Gasteiger partial charge in [0, 0.05) is 4.88 Å². The number of ether oxygens (including phenoxy) is 1. The summed E-state index contributed by atoms with van der Waals surface area (Å²) in [5, 5.41) is 0.661. The molecule has 0 unspecified atom stereocenters. The zero-order chi connectivity index (χ0) is 13.0. The smallest absolute Gasteiger partial charge is 0.180 e. The first-order valence-corrected chi connectivity index (χ1v) is 6.94. The van der Waals surface area contributed by atoms with Gasteiger partial charge in [0.25, 0.3) is 0 Å². The Labute approximate surface area is 112 Å². The summed E-state index contributed by atoms with van der Waals surface area (Å²) in [5.74, 6) is 0.930. The van der Waals surface area contributed by atoms with Crippen LogP contribution in [-0.4, -0.2) is 11.6 Å². The van der Waals surface area contributed by atoms with Gasteiger partial charge in [-0.05, 0) is 44.4 Å². The van der Waals surface area contributed by atoms with Gasteiger partial charge in [0.2, 0.25) is 0 Å². The van der Waals surface area contributed by atoms with E-state index in [1.807, 2.05) is 26.0 Å². The van der Waals surface area contributed by atoms with E-state index in [2.05, 4.69) is 17.1 Å². The predicted molar refractivity (Wildman–Crippen MR) is 76.3 cm³/mol. The molecule has 0 bridgehead atoms. The van der Waals surface area contributed by atoms with Gasteiger partial charge in [-0.15, -0.1) is 11.3 Å². The molecule has 0 amide bonds. The Bertz CT molecular complexity index is 505. The van der Waals surface area contributed by atoms with E-state index in [9.17, 15) is 0 Å². The molecule has 0 aliphatic heterocycles. The van der Waals surface area contributed by atoms with Crippen LogP contribution >= 0.6 is 11.3 Å². The molecule has 1 heterocycles. The second kappa shape index (κ2) is 5.87. The topological polar surface area (TPSA) is 48.1 Å². The molecule has 0 spiro atoms. The van der Waals surface area contributed by atoms with E-state index in [4.69, 9.17) is 10.5 Å². The highest BCUT2D eigenvalue weighted by Gasteiger charge is 2.05. The summed E-state index contributed by atoms with van der Waals surface area (Å²) in [4.78, 5) is 5.52. The van der Waals surface area contributed by atoms with Crippen molar-refractivity contribution in [3.8, 4) is 5.75 Å². The number of hydrogen-bond acceptors (Lipinski definition) is 4. The highest BCUT2D eigenvalue weighted by molar-refractivity contribution is 7.15. The number of aryl methyl sites for hydroxylation is 3. The Morgan fingerprint density at radius 2 is 1.94 bits per heavy atom. The zero-order valence-electron chi connectivity index (χ0n) is 10.8. The van der Waals surface area contributed by atoms with Gasteiger partial charge in [-0.3, -0.25) is 0 Å². The van der Waals surface area contributed by atoms with Crippen molar-refractivity contribution < 1.29 is 4.74 Å². The van der Waals surface area contributed by atoms with Crippen molar-refractivity contribution in [3.05, 3.63) is 40.4 Å². The third kappa shape index (κ3) is 3.23. The van der Waals surface area contributed by atoms with Gasteiger partial charge >= 0.3 is 0 Å². The quantitative estimate of drug-likeness (QED) is 0.900. The molecule has 0 saturated carbocycles. The molecule has 0 saturated heterocycles. The zero-order valence-corrected chi connectivity index (χ0v) is 11.6. The van der Waals surface area contributed by atoms with E-state index in [0.29, 0.717) is 11.7 Å². The predicted octanol–water partition coefficient (Wildman–Crippen LogP) is 3.22. The molecule has 3 nitrogen and oxygen atoms in total. The van der Waals surface area contributed by atoms with E-state index < -0.39 is 0 Å². The minimum absolute atomic E-state index is 0.661. The van der Waals surface area contributed by atoms with Crippen LogP contribution in [-0.2, 0) is 12.8 Å². The van der Waals surface area contributed by atoms with E-state index in [0.717, 1.165) is 24.3 Å². The maximum absolute atomic E-state index is 5.69. The lowest BCUT2D eigenvalue weighted by molar-refractivity contribution is 0.340. The highest BCUT2D eigenvalue weighted by Crippen LogP contribution is 2.22. The maximum atomic E-state index is 5.69. The summed E-state index contributed by atoms with van der Waals surface area (Å²) in [5.41, 5.74) is 8.06. The fourth-order valence-corrected chi connectivity index (χ4v) is 2.69. The summed E-state index contributed by atoms with van der Waals surface area (Å²) in [6.45, 7) is 4.71.